The molecular weight excluding hydrogens is 339 g/mol. The van der Waals surface area contributed by atoms with Crippen LogP contribution < -0.4 is 5.32 Å². The number of aromatic nitrogens is 4. The number of rotatable bonds is 4. The fourth-order valence-corrected chi connectivity index (χ4v) is 2.71. The van der Waals surface area contributed by atoms with Crippen LogP contribution in [0.15, 0.2) is 46.6 Å². The number of alkyl halides is 3. The maximum atomic E-state index is 12.5. The van der Waals surface area contributed by atoms with Crippen molar-refractivity contribution in [1.29, 1.82) is 0 Å². The predicted octanol–water partition coefficient (Wildman–Crippen LogP) is 4.02. The van der Waals surface area contributed by atoms with Crippen LogP contribution >= 0.6 is 11.8 Å². The highest BCUT2D eigenvalue weighted by atomic mass is 32.2. The van der Waals surface area contributed by atoms with Gasteiger partial charge >= 0.3 is 6.18 Å². The SMILES string of the molecule is CCNc1nc(Sc2ccc(C(F)(F)F)nn2)nc2ccccc12. The number of halogens is 3. The number of anilines is 1. The summed E-state index contributed by atoms with van der Waals surface area (Å²) in [6, 6.07) is 9.64. The average molecular weight is 351 g/mol. The molecule has 0 spiro atoms. The molecule has 0 amide bonds. The molecule has 0 atom stereocenters. The third-order valence-corrected chi connectivity index (χ3v) is 3.85. The maximum absolute atomic E-state index is 12.5. The zero-order chi connectivity index (χ0) is 17.2. The van der Waals surface area contributed by atoms with Gasteiger partial charge < -0.3 is 5.32 Å². The Morgan fingerprint density at radius 3 is 2.50 bits per heavy atom. The number of nitrogens with zero attached hydrogens (tertiary/aromatic N) is 4. The van der Waals surface area contributed by atoms with Crippen molar-refractivity contribution in [3.05, 3.63) is 42.1 Å². The van der Waals surface area contributed by atoms with Gasteiger partial charge in [0.05, 0.1) is 5.52 Å². The van der Waals surface area contributed by atoms with Crippen LogP contribution in [-0.2, 0) is 6.18 Å². The molecule has 124 valence electrons. The molecule has 1 N–H and O–H groups in total. The molecule has 5 nitrogen and oxygen atoms in total. The van der Waals surface area contributed by atoms with Crippen molar-refractivity contribution in [2.45, 2.75) is 23.3 Å². The van der Waals surface area contributed by atoms with E-state index in [4.69, 9.17) is 0 Å². The molecule has 24 heavy (non-hydrogen) atoms. The van der Waals surface area contributed by atoms with Gasteiger partial charge in [-0.15, -0.1) is 10.2 Å². The number of fused-ring (bicyclic) bond motifs is 1. The van der Waals surface area contributed by atoms with Gasteiger partial charge in [0, 0.05) is 11.9 Å². The van der Waals surface area contributed by atoms with Gasteiger partial charge in [-0.3, -0.25) is 0 Å². The van der Waals surface area contributed by atoms with Crippen LogP contribution in [0.25, 0.3) is 10.9 Å². The first kappa shape index (κ1) is 16.4. The summed E-state index contributed by atoms with van der Waals surface area (Å²) in [5, 5.41) is 11.5. The molecule has 3 aromatic rings. The Hall–Kier alpha value is -2.42. The predicted molar refractivity (Wildman–Crippen MR) is 84.9 cm³/mol. The Morgan fingerprint density at radius 1 is 1.04 bits per heavy atom. The van der Waals surface area contributed by atoms with Crippen molar-refractivity contribution in [2.24, 2.45) is 0 Å². The lowest BCUT2D eigenvalue weighted by atomic mass is 10.2. The minimum atomic E-state index is -4.51. The van der Waals surface area contributed by atoms with Gasteiger partial charge in [0.15, 0.2) is 10.9 Å². The fraction of sp³-hybridized carbons (Fsp3) is 0.200. The summed E-state index contributed by atoms with van der Waals surface area (Å²) in [7, 11) is 0. The van der Waals surface area contributed by atoms with Gasteiger partial charge in [-0.05, 0) is 43.0 Å². The number of benzene rings is 1. The molecule has 0 aliphatic carbocycles. The van der Waals surface area contributed by atoms with E-state index in [-0.39, 0.29) is 0 Å². The Morgan fingerprint density at radius 2 is 1.83 bits per heavy atom. The Kier molecular flexibility index (Phi) is 4.52. The van der Waals surface area contributed by atoms with Gasteiger partial charge in [0.1, 0.15) is 10.8 Å². The van der Waals surface area contributed by atoms with Gasteiger partial charge in [-0.2, -0.15) is 13.2 Å². The van der Waals surface area contributed by atoms with Gasteiger partial charge in [-0.25, -0.2) is 9.97 Å². The summed E-state index contributed by atoms with van der Waals surface area (Å²) >= 11 is 1.06. The van der Waals surface area contributed by atoms with Gasteiger partial charge in [-0.1, -0.05) is 12.1 Å². The normalized spacial score (nSPS) is 11.7. The Labute approximate surface area is 139 Å². The topological polar surface area (TPSA) is 63.6 Å². The number of para-hydroxylation sites is 1. The maximum Gasteiger partial charge on any atom is 0.435 e. The quantitative estimate of drug-likeness (QED) is 0.716. The van der Waals surface area contributed by atoms with E-state index in [1.165, 1.54) is 6.07 Å². The van der Waals surface area contributed by atoms with Crippen LogP contribution in [0.4, 0.5) is 19.0 Å². The molecule has 9 heteroatoms. The first-order valence-electron chi connectivity index (χ1n) is 7.07. The zero-order valence-electron chi connectivity index (χ0n) is 12.5. The van der Waals surface area contributed by atoms with Crippen molar-refractivity contribution >= 4 is 28.5 Å². The molecule has 0 fully saturated rings. The molecule has 0 saturated carbocycles. The lowest BCUT2D eigenvalue weighted by Crippen LogP contribution is -2.08. The standard InChI is InChI=1S/C15H12F3N5S/c1-2-19-13-9-5-3-4-6-10(9)20-14(21-13)24-12-8-7-11(22-23-12)15(16,17)18/h3-8H,2H2,1H3,(H,19,20,21). The molecule has 0 unspecified atom stereocenters. The van der Waals surface area contributed by atoms with Crippen LogP contribution in [0.3, 0.4) is 0 Å². The van der Waals surface area contributed by atoms with E-state index in [0.29, 0.717) is 22.5 Å². The first-order valence-corrected chi connectivity index (χ1v) is 7.88. The number of hydrogen-bond donors (Lipinski definition) is 1. The van der Waals surface area contributed by atoms with E-state index < -0.39 is 11.9 Å². The van der Waals surface area contributed by atoms with Crippen LogP contribution in [0.2, 0.25) is 0 Å². The smallest absolute Gasteiger partial charge is 0.370 e. The Balaban J connectivity index is 1.92. The molecule has 0 aliphatic rings. The molecule has 0 aliphatic heterocycles. The van der Waals surface area contributed by atoms with Gasteiger partial charge in [0.2, 0.25) is 0 Å². The van der Waals surface area contributed by atoms with Gasteiger partial charge in [0.25, 0.3) is 0 Å². The lowest BCUT2D eigenvalue weighted by Gasteiger charge is -2.09. The highest BCUT2D eigenvalue weighted by Gasteiger charge is 2.32. The third kappa shape index (κ3) is 3.56. The van der Waals surface area contributed by atoms with E-state index in [0.717, 1.165) is 28.7 Å². The van der Waals surface area contributed by atoms with E-state index >= 15 is 0 Å². The first-order chi connectivity index (χ1) is 11.5. The monoisotopic (exact) mass is 351 g/mol. The summed E-state index contributed by atoms with van der Waals surface area (Å²) in [6.07, 6.45) is -4.51. The second-order valence-electron chi connectivity index (χ2n) is 4.76. The highest BCUT2D eigenvalue weighted by Crippen LogP contribution is 2.30. The summed E-state index contributed by atoms with van der Waals surface area (Å²) in [5.74, 6) is 0.672. The van der Waals surface area contributed by atoms with Crippen LogP contribution in [0, 0.1) is 0 Å². The second-order valence-corrected chi connectivity index (χ2v) is 5.75. The fourth-order valence-electron chi connectivity index (χ4n) is 2.02. The van der Waals surface area contributed by atoms with Crippen molar-refractivity contribution in [1.82, 2.24) is 20.2 Å². The van der Waals surface area contributed by atoms with Crippen LogP contribution in [0.5, 0.6) is 0 Å². The molecule has 0 bridgehead atoms. The largest absolute Gasteiger partial charge is 0.435 e. The summed E-state index contributed by atoms with van der Waals surface area (Å²) in [5.41, 5.74) is -0.287. The summed E-state index contributed by atoms with van der Waals surface area (Å²) < 4.78 is 37.5. The van der Waals surface area contributed by atoms with Crippen molar-refractivity contribution in [3.8, 4) is 0 Å². The van der Waals surface area contributed by atoms with Crippen molar-refractivity contribution in [3.63, 3.8) is 0 Å². The van der Waals surface area contributed by atoms with Crippen molar-refractivity contribution < 1.29 is 13.2 Å². The molecule has 2 heterocycles. The molecule has 0 saturated heterocycles. The summed E-state index contributed by atoms with van der Waals surface area (Å²) in [6.45, 7) is 2.64. The molecule has 2 aromatic heterocycles. The highest BCUT2D eigenvalue weighted by molar-refractivity contribution is 7.99. The zero-order valence-corrected chi connectivity index (χ0v) is 13.3. The molecular formula is C15H12F3N5S. The summed E-state index contributed by atoms with van der Waals surface area (Å²) in [4.78, 5) is 8.81. The number of nitrogens with one attached hydrogen (secondary N) is 1. The second kappa shape index (κ2) is 6.60. The molecule has 0 radical (unpaired) electrons. The minimum Gasteiger partial charge on any atom is -0.370 e. The third-order valence-electron chi connectivity index (χ3n) is 3.05. The number of hydrogen-bond acceptors (Lipinski definition) is 6. The molecule has 1 aromatic carbocycles. The van der Waals surface area contributed by atoms with E-state index in [1.807, 2.05) is 31.2 Å². The Bertz CT molecular complexity index is 852. The van der Waals surface area contributed by atoms with E-state index in [1.54, 1.807) is 0 Å². The van der Waals surface area contributed by atoms with Crippen LogP contribution in [0.1, 0.15) is 12.6 Å². The minimum absolute atomic E-state index is 0.292. The average Bonchev–Trinajstić information content (AvgIpc) is 2.55. The molecule has 3 rings (SSSR count). The lowest BCUT2D eigenvalue weighted by molar-refractivity contribution is -0.141. The van der Waals surface area contributed by atoms with Crippen molar-refractivity contribution in [2.75, 3.05) is 11.9 Å². The van der Waals surface area contributed by atoms with E-state index in [2.05, 4.69) is 25.5 Å². The van der Waals surface area contributed by atoms with Crippen LogP contribution in [-0.4, -0.2) is 26.7 Å². The van der Waals surface area contributed by atoms with E-state index in [9.17, 15) is 13.2 Å².